The number of fused-ring (bicyclic) bond motifs is 1. The molecule has 5 atom stereocenters. The van der Waals surface area contributed by atoms with E-state index in [1.54, 1.807) is 11.9 Å². The van der Waals surface area contributed by atoms with Crippen molar-refractivity contribution in [1.82, 2.24) is 9.39 Å². The molecule has 194 valence electrons. The first-order valence-corrected chi connectivity index (χ1v) is 16.0. The molecular formula is C30H41N2O2PS. The minimum Gasteiger partial charge on any atom is -0.297 e. The number of rotatable bonds is 6. The van der Waals surface area contributed by atoms with Gasteiger partial charge in [-0.1, -0.05) is 77.9 Å². The smallest absolute Gasteiger partial charge is 0.237 e. The third-order valence-electron chi connectivity index (χ3n) is 9.73. The Balaban J connectivity index is 1.47. The Morgan fingerprint density at radius 3 is 2.11 bits per heavy atom. The van der Waals surface area contributed by atoms with E-state index in [1.165, 1.54) is 12.8 Å². The van der Waals surface area contributed by atoms with E-state index in [0.29, 0.717) is 17.4 Å². The Kier molecular flexibility index (Phi) is 6.54. The molecule has 1 saturated heterocycles. The maximum atomic E-state index is 14.9. The summed E-state index contributed by atoms with van der Waals surface area (Å²) in [6, 6.07) is 19.4. The minimum atomic E-state index is -3.18. The van der Waals surface area contributed by atoms with E-state index in [-0.39, 0.29) is 28.7 Å². The molecule has 4 nitrogen and oxygen atoms in total. The SMILES string of the molecule is C[C@@H](C(=O)N1SC[C@@]23CC[C@@H](C[C@H]12)C3(C)C)[C@@H](NP(=O)(c1ccccc1)c1ccccc1)C(C)(C)C. The summed E-state index contributed by atoms with van der Waals surface area (Å²) in [5.74, 6) is 1.63. The summed E-state index contributed by atoms with van der Waals surface area (Å²) in [6.07, 6.45) is 3.66. The summed E-state index contributed by atoms with van der Waals surface area (Å²) in [4.78, 5) is 14.2. The number of hydrogen-bond donors (Lipinski definition) is 1. The Hall–Kier alpha value is -1.55. The van der Waals surface area contributed by atoms with Gasteiger partial charge in [0.2, 0.25) is 13.2 Å². The van der Waals surface area contributed by atoms with Gasteiger partial charge in [-0.05, 0) is 72.2 Å². The molecule has 1 N–H and O–H groups in total. The van der Waals surface area contributed by atoms with Crippen molar-refractivity contribution in [3.8, 4) is 0 Å². The molecule has 0 unspecified atom stereocenters. The third-order valence-corrected chi connectivity index (χ3v) is 13.8. The largest absolute Gasteiger partial charge is 0.297 e. The average molecular weight is 525 g/mol. The van der Waals surface area contributed by atoms with Gasteiger partial charge in [-0.3, -0.25) is 18.8 Å². The lowest BCUT2D eigenvalue weighted by molar-refractivity contribution is -0.134. The van der Waals surface area contributed by atoms with Gasteiger partial charge in [0.1, 0.15) is 0 Å². The molecule has 0 radical (unpaired) electrons. The highest BCUT2D eigenvalue weighted by Crippen LogP contribution is 2.71. The monoisotopic (exact) mass is 524 g/mol. The molecule has 2 aromatic rings. The zero-order valence-electron chi connectivity index (χ0n) is 22.5. The van der Waals surface area contributed by atoms with Crippen LogP contribution in [0.1, 0.15) is 60.8 Å². The van der Waals surface area contributed by atoms with Crippen LogP contribution in [0.25, 0.3) is 0 Å². The van der Waals surface area contributed by atoms with Crippen molar-refractivity contribution < 1.29 is 9.36 Å². The number of nitrogens with one attached hydrogen (secondary N) is 1. The van der Waals surface area contributed by atoms with E-state index >= 15 is 0 Å². The first-order chi connectivity index (χ1) is 16.9. The molecule has 0 aromatic heterocycles. The van der Waals surface area contributed by atoms with E-state index in [1.807, 2.05) is 67.6 Å². The second kappa shape index (κ2) is 9.03. The van der Waals surface area contributed by atoms with Crippen LogP contribution in [-0.2, 0) is 9.36 Å². The number of hydrogen-bond acceptors (Lipinski definition) is 3. The first-order valence-electron chi connectivity index (χ1n) is 13.4. The number of benzene rings is 2. The van der Waals surface area contributed by atoms with Crippen LogP contribution >= 0.6 is 19.2 Å². The molecule has 3 aliphatic rings. The number of carbonyl (C=O) groups is 1. The fourth-order valence-electron chi connectivity index (χ4n) is 7.36. The van der Waals surface area contributed by atoms with E-state index < -0.39 is 7.29 Å². The normalized spacial score (nSPS) is 28.7. The van der Waals surface area contributed by atoms with Crippen LogP contribution in [0.5, 0.6) is 0 Å². The highest BCUT2D eigenvalue weighted by molar-refractivity contribution is 7.97. The molecule has 3 fully saturated rings. The van der Waals surface area contributed by atoms with Crippen molar-refractivity contribution in [2.75, 3.05) is 5.75 Å². The summed E-state index contributed by atoms with van der Waals surface area (Å²) in [7, 11) is -3.18. The van der Waals surface area contributed by atoms with Crippen molar-refractivity contribution in [2.45, 2.75) is 72.9 Å². The summed E-state index contributed by atoms with van der Waals surface area (Å²) in [6.45, 7) is 13.3. The van der Waals surface area contributed by atoms with Crippen LogP contribution in [0.15, 0.2) is 60.7 Å². The van der Waals surface area contributed by atoms with Gasteiger partial charge in [0.15, 0.2) is 0 Å². The van der Waals surface area contributed by atoms with E-state index in [4.69, 9.17) is 0 Å². The van der Waals surface area contributed by atoms with Gasteiger partial charge in [0.05, 0.1) is 12.0 Å². The third kappa shape index (κ3) is 3.92. The van der Waals surface area contributed by atoms with Crippen molar-refractivity contribution >= 4 is 35.8 Å². The van der Waals surface area contributed by atoms with Gasteiger partial charge >= 0.3 is 0 Å². The van der Waals surface area contributed by atoms with E-state index in [0.717, 1.165) is 22.8 Å². The second-order valence-electron chi connectivity index (χ2n) is 12.8. The molecule has 5 rings (SSSR count). The summed E-state index contributed by atoms with van der Waals surface area (Å²) in [5.41, 5.74) is 0.261. The molecule has 2 saturated carbocycles. The molecule has 1 amide bonds. The zero-order chi connectivity index (χ0) is 25.9. The molecule has 36 heavy (non-hydrogen) atoms. The Morgan fingerprint density at radius 1 is 1.06 bits per heavy atom. The van der Waals surface area contributed by atoms with Gasteiger partial charge in [-0.15, -0.1) is 0 Å². The summed E-state index contributed by atoms with van der Waals surface area (Å²) in [5, 5.41) is 5.16. The first kappa shape index (κ1) is 26.1. The average Bonchev–Trinajstić information content (AvgIpc) is 3.45. The van der Waals surface area contributed by atoms with E-state index in [9.17, 15) is 9.36 Å². The van der Waals surface area contributed by atoms with Crippen molar-refractivity contribution in [3.05, 3.63) is 60.7 Å². The molecular weight excluding hydrogens is 483 g/mol. The number of amides is 1. The standard InChI is InChI=1S/C30H41N2O2PS/c1-21(27(33)32-25-19-22-17-18-30(25,20-36-32)29(22,5)6)26(28(2,3)4)31-35(34,23-13-9-7-10-14-23)24-15-11-8-12-16-24/h7-16,21-22,25-26H,17-20H2,1-6H3,(H,31,34)/t21-,22+,25+,26-,30+/m1/s1. The maximum Gasteiger partial charge on any atom is 0.237 e. The van der Waals surface area contributed by atoms with Crippen LogP contribution in [0.2, 0.25) is 0 Å². The number of carbonyl (C=O) groups excluding carboxylic acids is 1. The van der Waals surface area contributed by atoms with Crippen molar-refractivity contribution in [3.63, 3.8) is 0 Å². The van der Waals surface area contributed by atoms with Gasteiger partial charge in [-0.25, -0.2) is 0 Å². The minimum absolute atomic E-state index is 0.185. The highest BCUT2D eigenvalue weighted by Gasteiger charge is 2.69. The maximum absolute atomic E-state index is 14.9. The van der Waals surface area contributed by atoms with Crippen LogP contribution in [-0.4, -0.2) is 28.0 Å². The summed E-state index contributed by atoms with van der Waals surface area (Å²) < 4.78 is 17.0. The van der Waals surface area contributed by atoms with Crippen LogP contribution < -0.4 is 15.7 Å². The molecule has 2 aromatic carbocycles. The number of nitrogens with zero attached hydrogens (tertiary/aromatic N) is 1. The fourth-order valence-corrected chi connectivity index (χ4v) is 12.0. The van der Waals surface area contributed by atoms with Crippen LogP contribution in [0.3, 0.4) is 0 Å². The zero-order valence-corrected chi connectivity index (χ0v) is 24.2. The predicted molar refractivity (Wildman–Crippen MR) is 152 cm³/mol. The molecule has 2 aliphatic carbocycles. The van der Waals surface area contributed by atoms with Gasteiger partial charge in [0.25, 0.3) is 0 Å². The molecule has 1 aliphatic heterocycles. The van der Waals surface area contributed by atoms with Gasteiger partial charge < -0.3 is 0 Å². The summed E-state index contributed by atoms with van der Waals surface area (Å²) >= 11 is 1.75. The predicted octanol–water partition coefficient (Wildman–Crippen LogP) is 6.24. The Morgan fingerprint density at radius 2 is 1.61 bits per heavy atom. The molecule has 2 bridgehead atoms. The topological polar surface area (TPSA) is 49.4 Å². The Labute approximate surface area is 221 Å². The van der Waals surface area contributed by atoms with E-state index in [2.05, 4.69) is 44.0 Å². The second-order valence-corrected chi connectivity index (χ2v) is 16.3. The van der Waals surface area contributed by atoms with Crippen LogP contribution in [0, 0.1) is 28.1 Å². The quantitative estimate of drug-likeness (QED) is 0.359. The van der Waals surface area contributed by atoms with Gasteiger partial charge in [0, 0.05) is 27.8 Å². The Bertz CT molecular complexity index is 1120. The van der Waals surface area contributed by atoms with Crippen molar-refractivity contribution in [2.24, 2.45) is 28.1 Å². The lowest BCUT2D eigenvalue weighted by Crippen LogP contribution is -2.52. The molecule has 1 heterocycles. The lowest BCUT2D eigenvalue weighted by Gasteiger charge is -2.41. The highest BCUT2D eigenvalue weighted by atomic mass is 32.2. The fraction of sp³-hybridized carbons (Fsp3) is 0.567. The molecule has 6 heteroatoms. The van der Waals surface area contributed by atoms with Gasteiger partial charge in [-0.2, -0.15) is 0 Å². The molecule has 1 spiro atoms. The van der Waals surface area contributed by atoms with Crippen LogP contribution in [0.4, 0.5) is 0 Å². The van der Waals surface area contributed by atoms with Crippen molar-refractivity contribution in [1.29, 1.82) is 0 Å². The lowest BCUT2D eigenvalue weighted by atomic mass is 9.69.